The number of rotatable bonds is 3. The SMILES string of the molecule is C=C(N=C(ON)c1cccs1)c1ccc(F)cc1. The zero-order valence-electron chi connectivity index (χ0n) is 9.47. The van der Waals surface area contributed by atoms with Gasteiger partial charge in [-0.05, 0) is 41.3 Å². The van der Waals surface area contributed by atoms with Gasteiger partial charge < -0.3 is 4.84 Å². The van der Waals surface area contributed by atoms with E-state index in [0.29, 0.717) is 17.2 Å². The van der Waals surface area contributed by atoms with Crippen molar-refractivity contribution >= 4 is 22.9 Å². The Hall–Kier alpha value is -1.98. The first kappa shape index (κ1) is 12.5. The molecular formula is C13H11FN2OS. The minimum Gasteiger partial charge on any atom is -0.390 e. The van der Waals surface area contributed by atoms with Gasteiger partial charge in [0.2, 0.25) is 0 Å². The van der Waals surface area contributed by atoms with Crippen LogP contribution in [-0.2, 0) is 4.84 Å². The van der Waals surface area contributed by atoms with Crippen LogP contribution < -0.4 is 5.90 Å². The highest BCUT2D eigenvalue weighted by atomic mass is 32.1. The summed E-state index contributed by atoms with van der Waals surface area (Å²) in [6, 6.07) is 9.62. The molecule has 1 aromatic heterocycles. The van der Waals surface area contributed by atoms with Crippen LogP contribution in [0.4, 0.5) is 4.39 Å². The van der Waals surface area contributed by atoms with Gasteiger partial charge in [0, 0.05) is 0 Å². The van der Waals surface area contributed by atoms with E-state index >= 15 is 0 Å². The summed E-state index contributed by atoms with van der Waals surface area (Å²) in [6.45, 7) is 3.81. The molecule has 0 aliphatic heterocycles. The Morgan fingerprint density at radius 1 is 1.28 bits per heavy atom. The molecule has 0 saturated carbocycles. The van der Waals surface area contributed by atoms with Crippen LogP contribution in [0.25, 0.3) is 5.70 Å². The first-order valence-electron chi connectivity index (χ1n) is 5.15. The van der Waals surface area contributed by atoms with Crippen molar-refractivity contribution in [2.24, 2.45) is 10.9 Å². The lowest BCUT2D eigenvalue weighted by atomic mass is 10.2. The van der Waals surface area contributed by atoms with Gasteiger partial charge in [-0.1, -0.05) is 12.6 Å². The maximum atomic E-state index is 12.8. The molecule has 0 aliphatic carbocycles. The van der Waals surface area contributed by atoms with Crippen molar-refractivity contribution in [3.8, 4) is 0 Å². The second-order valence-electron chi connectivity index (χ2n) is 3.47. The number of hydrogen-bond acceptors (Lipinski definition) is 4. The highest BCUT2D eigenvalue weighted by molar-refractivity contribution is 7.12. The highest BCUT2D eigenvalue weighted by Gasteiger charge is 2.07. The number of halogens is 1. The first-order chi connectivity index (χ1) is 8.70. The number of hydrogen-bond donors (Lipinski definition) is 1. The van der Waals surface area contributed by atoms with Crippen LogP contribution in [0, 0.1) is 5.82 Å². The summed E-state index contributed by atoms with van der Waals surface area (Å²) in [5.41, 5.74) is 1.17. The second kappa shape index (κ2) is 5.57. The van der Waals surface area contributed by atoms with Crippen molar-refractivity contribution in [1.29, 1.82) is 0 Å². The van der Waals surface area contributed by atoms with Crippen LogP contribution in [0.2, 0.25) is 0 Å². The smallest absolute Gasteiger partial charge is 0.255 e. The molecule has 0 saturated heterocycles. The average molecular weight is 262 g/mol. The standard InChI is InChI=1S/C13H11FN2OS/c1-9(10-4-6-11(14)7-5-10)16-13(17-15)12-3-2-8-18-12/h2-8H,1,15H2. The monoisotopic (exact) mass is 262 g/mol. The minimum atomic E-state index is -0.302. The van der Waals surface area contributed by atoms with Gasteiger partial charge in [0.15, 0.2) is 0 Å². The molecule has 0 aliphatic rings. The number of benzene rings is 1. The fraction of sp³-hybridized carbons (Fsp3) is 0. The van der Waals surface area contributed by atoms with E-state index in [1.54, 1.807) is 12.1 Å². The van der Waals surface area contributed by atoms with E-state index in [9.17, 15) is 4.39 Å². The van der Waals surface area contributed by atoms with Gasteiger partial charge in [0.1, 0.15) is 5.82 Å². The summed E-state index contributed by atoms with van der Waals surface area (Å²) in [5.74, 6) is 5.18. The lowest BCUT2D eigenvalue weighted by molar-refractivity contribution is 0.323. The van der Waals surface area contributed by atoms with E-state index in [1.165, 1.54) is 23.5 Å². The number of aliphatic imine (C=N–C) groups is 1. The van der Waals surface area contributed by atoms with Gasteiger partial charge in [-0.15, -0.1) is 11.3 Å². The molecule has 3 nitrogen and oxygen atoms in total. The van der Waals surface area contributed by atoms with Crippen LogP contribution in [0.15, 0.2) is 53.3 Å². The molecule has 0 amide bonds. The third-order valence-corrected chi connectivity index (χ3v) is 3.12. The van der Waals surface area contributed by atoms with Crippen molar-refractivity contribution in [3.05, 3.63) is 64.6 Å². The molecule has 2 aromatic rings. The molecule has 2 rings (SSSR count). The summed E-state index contributed by atoms with van der Waals surface area (Å²) in [7, 11) is 0. The van der Waals surface area contributed by atoms with Crippen LogP contribution in [-0.4, -0.2) is 5.90 Å². The molecule has 0 atom stereocenters. The van der Waals surface area contributed by atoms with Crippen LogP contribution in [0.5, 0.6) is 0 Å². The van der Waals surface area contributed by atoms with E-state index in [4.69, 9.17) is 10.7 Å². The van der Waals surface area contributed by atoms with Crippen LogP contribution in [0.1, 0.15) is 10.4 Å². The largest absolute Gasteiger partial charge is 0.390 e. The van der Waals surface area contributed by atoms with E-state index in [1.807, 2.05) is 17.5 Å². The van der Waals surface area contributed by atoms with Gasteiger partial charge in [-0.2, -0.15) is 5.90 Å². The molecule has 0 spiro atoms. The van der Waals surface area contributed by atoms with Gasteiger partial charge in [0.25, 0.3) is 5.90 Å². The van der Waals surface area contributed by atoms with Crippen LogP contribution in [0.3, 0.4) is 0 Å². The Morgan fingerprint density at radius 2 is 2.00 bits per heavy atom. The van der Waals surface area contributed by atoms with Crippen molar-refractivity contribution < 1.29 is 9.23 Å². The summed E-state index contributed by atoms with van der Waals surface area (Å²) in [4.78, 5) is 9.74. The number of thiophene rings is 1. The molecule has 1 aromatic carbocycles. The molecule has 1 heterocycles. The lowest BCUT2D eigenvalue weighted by Gasteiger charge is -2.04. The Labute approximate surface area is 108 Å². The third kappa shape index (κ3) is 2.82. The van der Waals surface area contributed by atoms with Gasteiger partial charge in [-0.25, -0.2) is 9.38 Å². The summed E-state index contributed by atoms with van der Waals surface area (Å²) >= 11 is 1.46. The number of nitrogens with zero attached hydrogens (tertiary/aromatic N) is 1. The summed E-state index contributed by atoms with van der Waals surface area (Å²) in [5, 5.41) is 1.89. The highest BCUT2D eigenvalue weighted by Crippen LogP contribution is 2.17. The van der Waals surface area contributed by atoms with Crippen LogP contribution >= 0.6 is 11.3 Å². The lowest BCUT2D eigenvalue weighted by Crippen LogP contribution is -2.10. The Kier molecular flexibility index (Phi) is 3.86. The second-order valence-corrected chi connectivity index (χ2v) is 4.41. The van der Waals surface area contributed by atoms with E-state index in [2.05, 4.69) is 11.6 Å². The predicted octanol–water partition coefficient (Wildman–Crippen LogP) is 3.20. The third-order valence-electron chi connectivity index (χ3n) is 2.26. The Bertz CT molecular complexity index is 561. The van der Waals surface area contributed by atoms with Gasteiger partial charge in [-0.3, -0.25) is 0 Å². The molecule has 5 heteroatoms. The maximum absolute atomic E-state index is 12.8. The zero-order chi connectivity index (χ0) is 13.0. The first-order valence-corrected chi connectivity index (χ1v) is 6.03. The minimum absolute atomic E-state index is 0.291. The molecule has 0 radical (unpaired) electrons. The summed E-state index contributed by atoms with van der Waals surface area (Å²) < 4.78 is 12.8. The summed E-state index contributed by atoms with van der Waals surface area (Å²) in [6.07, 6.45) is 0. The Balaban J connectivity index is 2.26. The Morgan fingerprint density at radius 3 is 2.56 bits per heavy atom. The topological polar surface area (TPSA) is 47.6 Å². The average Bonchev–Trinajstić information content (AvgIpc) is 2.90. The predicted molar refractivity (Wildman–Crippen MR) is 71.6 cm³/mol. The van der Waals surface area contributed by atoms with Crippen molar-refractivity contribution in [3.63, 3.8) is 0 Å². The molecule has 0 unspecified atom stereocenters. The zero-order valence-corrected chi connectivity index (χ0v) is 10.3. The van der Waals surface area contributed by atoms with E-state index in [0.717, 1.165) is 4.88 Å². The quantitative estimate of drug-likeness (QED) is 0.524. The molecule has 2 N–H and O–H groups in total. The van der Waals surface area contributed by atoms with Crippen molar-refractivity contribution in [2.75, 3.05) is 0 Å². The fourth-order valence-electron chi connectivity index (χ4n) is 1.37. The van der Waals surface area contributed by atoms with Crippen molar-refractivity contribution in [2.45, 2.75) is 0 Å². The van der Waals surface area contributed by atoms with Gasteiger partial charge >= 0.3 is 0 Å². The van der Waals surface area contributed by atoms with E-state index < -0.39 is 0 Å². The number of nitrogens with two attached hydrogens (primary N) is 1. The molecule has 0 fully saturated rings. The molecule has 18 heavy (non-hydrogen) atoms. The van der Waals surface area contributed by atoms with E-state index in [-0.39, 0.29) is 5.82 Å². The van der Waals surface area contributed by atoms with Crippen molar-refractivity contribution in [1.82, 2.24) is 0 Å². The molecule has 0 bridgehead atoms. The fourth-order valence-corrected chi connectivity index (χ4v) is 2.02. The molecule has 92 valence electrons. The molecular weight excluding hydrogens is 251 g/mol. The van der Waals surface area contributed by atoms with Gasteiger partial charge in [0.05, 0.1) is 10.6 Å². The normalized spacial score (nSPS) is 11.3. The maximum Gasteiger partial charge on any atom is 0.255 e.